The monoisotopic (exact) mass is 379 g/mol. The molecule has 0 fully saturated rings. The molecule has 10 nitrogen and oxygen atoms in total. The highest BCUT2D eigenvalue weighted by Gasteiger charge is 2.21. The van der Waals surface area contributed by atoms with Crippen molar-refractivity contribution in [3.63, 3.8) is 0 Å². The molecule has 1 heterocycles. The number of carbonyl (C=O) groups excluding carboxylic acids is 1. The van der Waals surface area contributed by atoms with Crippen LogP contribution in [0.5, 0.6) is 11.5 Å². The number of hydrazone groups is 1. The second-order valence-electron chi connectivity index (χ2n) is 4.93. The second-order valence-corrected chi connectivity index (χ2v) is 5.96. The Bertz CT molecular complexity index is 864. The molecule has 0 aliphatic carbocycles. The predicted octanol–water partition coefficient (Wildman–Crippen LogP) is 2.11. The van der Waals surface area contributed by atoms with E-state index in [1.165, 1.54) is 25.5 Å². The second kappa shape index (κ2) is 8.25. The normalized spacial score (nSPS) is 10.7. The Morgan fingerprint density at radius 2 is 2.27 bits per heavy atom. The third-order valence-electron chi connectivity index (χ3n) is 3.16. The Morgan fingerprint density at radius 3 is 2.81 bits per heavy atom. The Balaban J connectivity index is 2.24. The summed E-state index contributed by atoms with van der Waals surface area (Å²) in [5.41, 5.74) is 8.48. The van der Waals surface area contributed by atoms with Gasteiger partial charge in [-0.05, 0) is 19.9 Å². The van der Waals surface area contributed by atoms with Gasteiger partial charge in [0.15, 0.2) is 10.9 Å². The Morgan fingerprint density at radius 1 is 1.54 bits per heavy atom. The highest BCUT2D eigenvalue weighted by Crippen LogP contribution is 2.37. The van der Waals surface area contributed by atoms with E-state index < -0.39 is 10.8 Å². The van der Waals surface area contributed by atoms with Crippen LogP contribution in [-0.2, 0) is 0 Å². The van der Waals surface area contributed by atoms with E-state index in [-0.39, 0.29) is 28.9 Å². The molecule has 0 aliphatic heterocycles. The zero-order chi connectivity index (χ0) is 19.3. The van der Waals surface area contributed by atoms with Crippen LogP contribution in [0, 0.1) is 17.0 Å². The molecule has 11 heteroatoms. The number of nitrogens with two attached hydrogens (primary N) is 1. The summed E-state index contributed by atoms with van der Waals surface area (Å²) >= 11 is 1.04. The Hall–Kier alpha value is -3.21. The van der Waals surface area contributed by atoms with E-state index in [2.05, 4.69) is 15.5 Å². The smallest absolute Gasteiger partial charge is 0.315 e. The van der Waals surface area contributed by atoms with Gasteiger partial charge >= 0.3 is 5.69 Å². The minimum atomic E-state index is -0.576. The maximum atomic E-state index is 12.0. The molecule has 3 N–H and O–H groups in total. The fraction of sp³-hybridized carbons (Fsp3) is 0.267. The van der Waals surface area contributed by atoms with Crippen molar-refractivity contribution in [1.29, 1.82) is 0 Å². The summed E-state index contributed by atoms with van der Waals surface area (Å²) in [5, 5.41) is 15.4. The van der Waals surface area contributed by atoms with Crippen LogP contribution in [0.1, 0.15) is 27.9 Å². The highest BCUT2D eigenvalue weighted by molar-refractivity contribution is 7.17. The van der Waals surface area contributed by atoms with Gasteiger partial charge in [0.1, 0.15) is 4.88 Å². The van der Waals surface area contributed by atoms with E-state index in [4.69, 9.17) is 15.2 Å². The number of nitrogen functional groups attached to an aromatic ring is 1. The topological polar surface area (TPSA) is 142 Å². The number of amides is 1. The lowest BCUT2D eigenvalue weighted by molar-refractivity contribution is -0.385. The average Bonchev–Trinajstić information content (AvgIpc) is 2.94. The number of nitrogens with zero attached hydrogens (tertiary/aromatic N) is 3. The Kier molecular flexibility index (Phi) is 6.07. The molecule has 2 rings (SSSR count). The molecule has 26 heavy (non-hydrogen) atoms. The summed E-state index contributed by atoms with van der Waals surface area (Å²) in [6.07, 6.45) is 1.27. The number of thiazole rings is 1. The van der Waals surface area contributed by atoms with Crippen LogP contribution in [0.15, 0.2) is 17.2 Å². The van der Waals surface area contributed by atoms with Crippen LogP contribution in [0.25, 0.3) is 0 Å². The van der Waals surface area contributed by atoms with Crippen molar-refractivity contribution in [2.24, 2.45) is 5.10 Å². The van der Waals surface area contributed by atoms with Crippen LogP contribution in [-0.4, -0.2) is 35.7 Å². The third kappa shape index (κ3) is 4.25. The molecule has 0 saturated heterocycles. The minimum absolute atomic E-state index is 0.0388. The van der Waals surface area contributed by atoms with Crippen molar-refractivity contribution in [1.82, 2.24) is 10.4 Å². The molecule has 0 spiro atoms. The summed E-state index contributed by atoms with van der Waals surface area (Å²) in [7, 11) is 1.38. The summed E-state index contributed by atoms with van der Waals surface area (Å²) in [5.74, 6) is -0.239. The van der Waals surface area contributed by atoms with Gasteiger partial charge in [0.25, 0.3) is 5.91 Å². The van der Waals surface area contributed by atoms with Gasteiger partial charge in [0.05, 0.1) is 30.5 Å². The number of nitro benzene ring substituents is 1. The molecule has 0 atom stereocenters. The van der Waals surface area contributed by atoms with Gasteiger partial charge in [0.2, 0.25) is 5.75 Å². The maximum absolute atomic E-state index is 12.0. The fourth-order valence-electron chi connectivity index (χ4n) is 2.10. The summed E-state index contributed by atoms with van der Waals surface area (Å²) in [6, 6.07) is 2.79. The average molecular weight is 379 g/mol. The summed E-state index contributed by atoms with van der Waals surface area (Å²) < 4.78 is 10.4. The maximum Gasteiger partial charge on any atom is 0.315 e. The SMILES string of the molecule is CCOc1c(OC)cc(/C=N\NC(=O)c2sc(N)nc2C)cc1[N+](=O)[O-]. The number of ether oxygens (including phenoxy) is 2. The first-order valence-corrected chi connectivity index (χ1v) is 8.24. The van der Waals surface area contributed by atoms with Gasteiger partial charge in [-0.2, -0.15) is 5.10 Å². The molecule has 1 amide bonds. The number of nitrogens with one attached hydrogen (secondary N) is 1. The molecule has 138 valence electrons. The number of benzene rings is 1. The van der Waals surface area contributed by atoms with Gasteiger partial charge in [-0.25, -0.2) is 10.4 Å². The standard InChI is InChI=1S/C15H17N5O5S/c1-4-25-12-10(20(22)23)5-9(6-11(12)24-3)7-17-19-14(21)13-8(2)18-15(16)26-13/h5-7H,4H2,1-3H3,(H2,16,18)(H,19,21)/b17-7-. The quantitative estimate of drug-likeness (QED) is 0.426. The Labute approximate surface area is 152 Å². The zero-order valence-corrected chi connectivity index (χ0v) is 15.1. The zero-order valence-electron chi connectivity index (χ0n) is 14.3. The summed E-state index contributed by atoms with van der Waals surface area (Å²) in [6.45, 7) is 3.62. The lowest BCUT2D eigenvalue weighted by Crippen LogP contribution is -2.17. The van der Waals surface area contributed by atoms with Gasteiger partial charge in [0, 0.05) is 11.6 Å². The largest absolute Gasteiger partial charge is 0.493 e. The van der Waals surface area contributed by atoms with Crippen molar-refractivity contribution >= 4 is 34.3 Å². The number of methoxy groups -OCH3 is 1. The third-order valence-corrected chi connectivity index (χ3v) is 4.15. The molecule has 0 unspecified atom stereocenters. The van der Waals surface area contributed by atoms with Crippen LogP contribution in [0.2, 0.25) is 0 Å². The molecule has 1 aromatic heterocycles. The number of nitro groups is 1. The molecular weight excluding hydrogens is 362 g/mol. The first kappa shape index (κ1) is 19.1. The van der Waals surface area contributed by atoms with E-state index in [0.717, 1.165) is 11.3 Å². The number of hydrogen-bond acceptors (Lipinski definition) is 9. The number of anilines is 1. The van der Waals surface area contributed by atoms with E-state index in [0.29, 0.717) is 16.1 Å². The number of aromatic nitrogens is 1. The van der Waals surface area contributed by atoms with Gasteiger partial charge in [-0.1, -0.05) is 11.3 Å². The van der Waals surface area contributed by atoms with Crippen molar-refractivity contribution < 1.29 is 19.2 Å². The first-order valence-electron chi connectivity index (χ1n) is 7.42. The van der Waals surface area contributed by atoms with Crippen molar-refractivity contribution in [3.05, 3.63) is 38.4 Å². The molecule has 2 aromatic rings. The van der Waals surface area contributed by atoms with Crippen LogP contribution >= 0.6 is 11.3 Å². The summed E-state index contributed by atoms with van der Waals surface area (Å²) in [4.78, 5) is 27.0. The van der Waals surface area contributed by atoms with Crippen LogP contribution < -0.4 is 20.6 Å². The van der Waals surface area contributed by atoms with E-state index in [9.17, 15) is 14.9 Å². The molecule has 0 aliphatic rings. The molecule has 0 radical (unpaired) electrons. The van der Waals surface area contributed by atoms with E-state index in [1.807, 2.05) is 0 Å². The highest BCUT2D eigenvalue weighted by atomic mass is 32.1. The van der Waals surface area contributed by atoms with E-state index in [1.54, 1.807) is 13.8 Å². The molecular formula is C15H17N5O5S. The fourth-order valence-corrected chi connectivity index (χ4v) is 2.83. The number of rotatable bonds is 7. The lowest BCUT2D eigenvalue weighted by atomic mass is 10.2. The van der Waals surface area contributed by atoms with Crippen molar-refractivity contribution in [2.45, 2.75) is 13.8 Å². The number of carbonyl (C=O) groups is 1. The molecule has 0 saturated carbocycles. The lowest BCUT2D eigenvalue weighted by Gasteiger charge is -2.10. The van der Waals surface area contributed by atoms with Gasteiger partial charge < -0.3 is 15.2 Å². The molecule has 0 bridgehead atoms. The van der Waals surface area contributed by atoms with Gasteiger partial charge in [-0.15, -0.1) is 0 Å². The van der Waals surface area contributed by atoms with E-state index >= 15 is 0 Å². The van der Waals surface area contributed by atoms with Crippen molar-refractivity contribution in [2.75, 3.05) is 19.5 Å². The molecule has 1 aromatic carbocycles. The van der Waals surface area contributed by atoms with Crippen LogP contribution in [0.4, 0.5) is 10.8 Å². The van der Waals surface area contributed by atoms with Crippen LogP contribution in [0.3, 0.4) is 0 Å². The minimum Gasteiger partial charge on any atom is -0.493 e. The number of aryl methyl sites for hydroxylation is 1. The first-order chi connectivity index (χ1) is 12.4. The predicted molar refractivity (Wildman–Crippen MR) is 97.1 cm³/mol. The van der Waals surface area contributed by atoms with Crippen molar-refractivity contribution in [3.8, 4) is 11.5 Å². The van der Waals surface area contributed by atoms with Gasteiger partial charge in [-0.3, -0.25) is 14.9 Å². The number of hydrogen-bond donors (Lipinski definition) is 2.